The van der Waals surface area contributed by atoms with Crippen LogP contribution in [0, 0.1) is 0 Å². The van der Waals surface area contributed by atoms with E-state index in [1.165, 1.54) is 6.26 Å². The van der Waals surface area contributed by atoms with Gasteiger partial charge in [0.15, 0.2) is 0 Å². The summed E-state index contributed by atoms with van der Waals surface area (Å²) in [5.74, 6) is 0.248. The van der Waals surface area contributed by atoms with Crippen LogP contribution in [0.4, 0.5) is 0 Å². The minimum absolute atomic E-state index is 0.0528. The Hall–Kier alpha value is -0.170. The third-order valence-corrected chi connectivity index (χ3v) is 3.83. The molecule has 1 saturated heterocycles. The molecule has 102 valence electrons. The van der Waals surface area contributed by atoms with Crippen LogP contribution in [0.1, 0.15) is 20.3 Å². The highest BCUT2D eigenvalue weighted by atomic mass is 32.2. The molecule has 0 amide bonds. The maximum absolute atomic E-state index is 11.1. The van der Waals surface area contributed by atoms with Crippen molar-refractivity contribution in [1.29, 1.82) is 0 Å². The lowest BCUT2D eigenvalue weighted by atomic mass is 10.1. The summed E-state index contributed by atoms with van der Waals surface area (Å²) in [5.41, 5.74) is 5.44. The number of rotatable bonds is 5. The van der Waals surface area contributed by atoms with E-state index in [1.807, 2.05) is 13.8 Å². The van der Waals surface area contributed by atoms with Gasteiger partial charge in [-0.15, -0.1) is 0 Å². The van der Waals surface area contributed by atoms with Crippen LogP contribution in [0.2, 0.25) is 0 Å². The first kappa shape index (κ1) is 14.9. The van der Waals surface area contributed by atoms with E-state index >= 15 is 0 Å². The van der Waals surface area contributed by atoms with Crippen LogP contribution < -0.4 is 5.73 Å². The first-order valence-electron chi connectivity index (χ1n) is 6.00. The molecule has 17 heavy (non-hydrogen) atoms. The maximum Gasteiger partial charge on any atom is 0.147 e. The van der Waals surface area contributed by atoms with Gasteiger partial charge in [0.1, 0.15) is 9.84 Å². The lowest BCUT2D eigenvalue weighted by Gasteiger charge is -2.42. The fraction of sp³-hybridized carbons (Fsp3) is 1.00. The molecule has 2 N–H and O–H groups in total. The fourth-order valence-corrected chi connectivity index (χ4v) is 2.91. The van der Waals surface area contributed by atoms with E-state index in [-0.39, 0.29) is 17.5 Å². The van der Waals surface area contributed by atoms with Crippen molar-refractivity contribution in [2.45, 2.75) is 32.0 Å². The van der Waals surface area contributed by atoms with E-state index < -0.39 is 9.84 Å². The Labute approximate surface area is 104 Å². The zero-order valence-electron chi connectivity index (χ0n) is 11.0. The Morgan fingerprint density at radius 2 is 2.12 bits per heavy atom. The SMILES string of the molecule is CC1(C)CN(CCCS(C)(=O)=O)CC(CN)O1. The standard InChI is InChI=1S/C11H24N2O3S/c1-11(2)9-13(8-10(7-12)16-11)5-4-6-17(3,14)15/h10H,4-9,12H2,1-3H3. The number of nitrogens with zero attached hydrogens (tertiary/aromatic N) is 1. The van der Waals surface area contributed by atoms with Gasteiger partial charge in [0.25, 0.3) is 0 Å². The number of sulfone groups is 1. The topological polar surface area (TPSA) is 72.6 Å². The molecule has 1 fully saturated rings. The summed E-state index contributed by atoms with van der Waals surface area (Å²) in [7, 11) is -2.86. The van der Waals surface area contributed by atoms with Crippen LogP contribution in [0.3, 0.4) is 0 Å². The lowest BCUT2D eigenvalue weighted by Crippen LogP contribution is -2.54. The molecule has 0 aromatic rings. The number of ether oxygens (including phenoxy) is 1. The molecule has 0 radical (unpaired) electrons. The maximum atomic E-state index is 11.1. The van der Waals surface area contributed by atoms with Gasteiger partial charge in [0.2, 0.25) is 0 Å². The normalized spacial score (nSPS) is 26.0. The van der Waals surface area contributed by atoms with Gasteiger partial charge in [-0.25, -0.2) is 8.42 Å². The predicted molar refractivity (Wildman–Crippen MR) is 68.8 cm³/mol. The van der Waals surface area contributed by atoms with Gasteiger partial charge in [-0.05, 0) is 26.8 Å². The Morgan fingerprint density at radius 3 is 2.65 bits per heavy atom. The summed E-state index contributed by atoms with van der Waals surface area (Å²) in [4.78, 5) is 2.24. The smallest absolute Gasteiger partial charge is 0.147 e. The van der Waals surface area contributed by atoms with Gasteiger partial charge in [-0.2, -0.15) is 0 Å². The highest BCUT2D eigenvalue weighted by Crippen LogP contribution is 2.20. The first-order valence-corrected chi connectivity index (χ1v) is 8.06. The number of morpholine rings is 1. The molecule has 0 bridgehead atoms. The van der Waals surface area contributed by atoms with Gasteiger partial charge in [-0.3, -0.25) is 4.90 Å². The molecule has 0 aromatic carbocycles. The van der Waals surface area contributed by atoms with Crippen molar-refractivity contribution in [3.8, 4) is 0 Å². The van der Waals surface area contributed by atoms with Crippen LogP contribution in [0.25, 0.3) is 0 Å². The molecule has 6 heteroatoms. The monoisotopic (exact) mass is 264 g/mol. The second-order valence-corrected chi connectivity index (χ2v) is 7.71. The zero-order valence-corrected chi connectivity index (χ0v) is 11.8. The van der Waals surface area contributed by atoms with E-state index in [4.69, 9.17) is 10.5 Å². The molecule has 1 heterocycles. The minimum Gasteiger partial charge on any atom is -0.368 e. The van der Waals surface area contributed by atoms with Crippen molar-refractivity contribution in [3.63, 3.8) is 0 Å². The van der Waals surface area contributed by atoms with Crippen LogP contribution in [0.5, 0.6) is 0 Å². The van der Waals surface area contributed by atoms with Crippen LogP contribution in [0.15, 0.2) is 0 Å². The van der Waals surface area contributed by atoms with Crippen molar-refractivity contribution in [2.24, 2.45) is 5.73 Å². The van der Waals surface area contributed by atoms with Crippen LogP contribution >= 0.6 is 0 Å². The molecule has 0 saturated carbocycles. The van der Waals surface area contributed by atoms with E-state index in [0.29, 0.717) is 13.0 Å². The average molecular weight is 264 g/mol. The highest BCUT2D eigenvalue weighted by molar-refractivity contribution is 7.90. The Morgan fingerprint density at radius 1 is 1.47 bits per heavy atom. The Bertz CT molecular complexity index is 341. The second kappa shape index (κ2) is 5.65. The molecular weight excluding hydrogens is 240 g/mol. The highest BCUT2D eigenvalue weighted by Gasteiger charge is 2.32. The summed E-state index contributed by atoms with van der Waals surface area (Å²) in [6, 6.07) is 0. The summed E-state index contributed by atoms with van der Waals surface area (Å²) >= 11 is 0. The van der Waals surface area contributed by atoms with Crippen molar-refractivity contribution >= 4 is 9.84 Å². The summed E-state index contributed by atoms with van der Waals surface area (Å²) in [6.07, 6.45) is 2.00. The molecule has 1 unspecified atom stereocenters. The third-order valence-electron chi connectivity index (χ3n) is 2.80. The first-order chi connectivity index (χ1) is 7.72. The summed E-state index contributed by atoms with van der Waals surface area (Å²) in [6.45, 7) is 7.00. The predicted octanol–water partition coefficient (Wildman–Crippen LogP) is -0.141. The summed E-state index contributed by atoms with van der Waals surface area (Å²) in [5, 5.41) is 0. The Balaban J connectivity index is 2.42. The Kier molecular flexibility index (Phi) is 4.95. The molecule has 1 atom stereocenters. The zero-order chi connectivity index (χ0) is 13.1. The molecule has 5 nitrogen and oxygen atoms in total. The third kappa shape index (κ3) is 5.81. The van der Waals surface area contributed by atoms with Gasteiger partial charge >= 0.3 is 0 Å². The molecular formula is C11H24N2O3S. The largest absolute Gasteiger partial charge is 0.368 e. The number of nitrogens with two attached hydrogens (primary N) is 1. The van der Waals surface area contributed by atoms with Crippen molar-refractivity contribution in [1.82, 2.24) is 4.90 Å². The van der Waals surface area contributed by atoms with Gasteiger partial charge in [0, 0.05) is 25.9 Å². The number of hydrogen-bond donors (Lipinski definition) is 1. The van der Waals surface area contributed by atoms with E-state index in [1.54, 1.807) is 0 Å². The molecule has 0 aromatic heterocycles. The molecule has 0 aliphatic carbocycles. The molecule has 1 rings (SSSR count). The summed E-state index contributed by atoms with van der Waals surface area (Å²) < 4.78 is 27.9. The molecule has 0 spiro atoms. The van der Waals surface area contributed by atoms with Crippen molar-refractivity contribution < 1.29 is 13.2 Å². The minimum atomic E-state index is -2.86. The van der Waals surface area contributed by atoms with Crippen LogP contribution in [-0.4, -0.2) is 63.2 Å². The van der Waals surface area contributed by atoms with Crippen molar-refractivity contribution in [2.75, 3.05) is 38.2 Å². The van der Waals surface area contributed by atoms with Gasteiger partial charge in [0.05, 0.1) is 17.5 Å². The van der Waals surface area contributed by atoms with E-state index in [9.17, 15) is 8.42 Å². The van der Waals surface area contributed by atoms with Crippen molar-refractivity contribution in [3.05, 3.63) is 0 Å². The van der Waals surface area contributed by atoms with Gasteiger partial charge < -0.3 is 10.5 Å². The molecule has 1 aliphatic heterocycles. The lowest BCUT2D eigenvalue weighted by molar-refractivity contribution is -0.131. The molecule has 1 aliphatic rings. The second-order valence-electron chi connectivity index (χ2n) is 5.45. The fourth-order valence-electron chi connectivity index (χ4n) is 2.26. The quantitative estimate of drug-likeness (QED) is 0.748. The average Bonchev–Trinajstić information content (AvgIpc) is 2.13. The number of hydrogen-bond acceptors (Lipinski definition) is 5. The van der Waals surface area contributed by atoms with Gasteiger partial charge in [-0.1, -0.05) is 0 Å². The van der Waals surface area contributed by atoms with E-state index in [0.717, 1.165) is 19.6 Å². The van der Waals surface area contributed by atoms with Crippen LogP contribution in [-0.2, 0) is 14.6 Å². The van der Waals surface area contributed by atoms with E-state index in [2.05, 4.69) is 4.90 Å².